The van der Waals surface area contributed by atoms with Crippen LogP contribution in [-0.2, 0) is 6.42 Å². The number of carbonyl (C=O) groups excluding carboxylic acids is 1. The Morgan fingerprint density at radius 3 is 2.55 bits per heavy atom. The van der Waals surface area contributed by atoms with Crippen molar-refractivity contribution in [2.24, 2.45) is 0 Å². The van der Waals surface area contributed by atoms with Crippen LogP contribution in [0.3, 0.4) is 0 Å². The molecule has 4 nitrogen and oxygen atoms in total. The number of benzene rings is 2. The number of fused-ring (bicyclic) bond motifs is 1. The summed E-state index contributed by atoms with van der Waals surface area (Å²) >= 11 is 0. The van der Waals surface area contributed by atoms with Crippen LogP contribution in [0.5, 0.6) is 5.75 Å². The van der Waals surface area contributed by atoms with E-state index in [1.54, 1.807) is 18.2 Å². The molecule has 2 aromatic carbocycles. The third kappa shape index (κ3) is 2.38. The summed E-state index contributed by atoms with van der Waals surface area (Å²) in [6.07, 6.45) is 0.156. The van der Waals surface area contributed by atoms with Gasteiger partial charge in [0, 0.05) is 5.56 Å². The van der Waals surface area contributed by atoms with Crippen molar-refractivity contribution in [3.63, 3.8) is 0 Å². The number of aryl methyl sites for hydroxylation is 1. The first kappa shape index (κ1) is 12.7. The number of aliphatic hydroxyl groups is 1. The molecule has 0 fully saturated rings. The van der Waals surface area contributed by atoms with Crippen molar-refractivity contribution in [3.05, 3.63) is 65.7 Å². The smallest absolute Gasteiger partial charge is 0.289 e. The lowest BCUT2D eigenvalue weighted by molar-refractivity contribution is -0.135. The van der Waals surface area contributed by atoms with Crippen LogP contribution < -0.4 is 4.84 Å². The average Bonchev–Trinajstić information content (AvgIpc) is 2.61. The van der Waals surface area contributed by atoms with Crippen molar-refractivity contribution >= 4 is 5.91 Å². The van der Waals surface area contributed by atoms with Gasteiger partial charge in [-0.1, -0.05) is 36.4 Å². The average molecular weight is 269 g/mol. The van der Waals surface area contributed by atoms with Crippen molar-refractivity contribution < 1.29 is 14.7 Å². The maximum absolute atomic E-state index is 12.5. The standard InChI is InChI=1S/C16H15NO3/c18-15-11-10-12-6-4-5-9-14(12)16(19)17(15)20-13-7-2-1-3-8-13/h1-9,15,18H,10-11H2. The Hall–Kier alpha value is -2.33. The van der Waals surface area contributed by atoms with E-state index in [1.807, 2.05) is 36.4 Å². The number of nitrogens with zero attached hydrogens (tertiary/aromatic N) is 1. The third-order valence-electron chi connectivity index (χ3n) is 3.34. The molecule has 20 heavy (non-hydrogen) atoms. The van der Waals surface area contributed by atoms with Gasteiger partial charge in [-0.3, -0.25) is 4.79 Å². The molecule has 1 aliphatic rings. The zero-order chi connectivity index (χ0) is 13.9. The van der Waals surface area contributed by atoms with Crippen LogP contribution in [0, 0.1) is 0 Å². The van der Waals surface area contributed by atoms with E-state index in [4.69, 9.17) is 4.84 Å². The van der Waals surface area contributed by atoms with Crippen molar-refractivity contribution in [2.45, 2.75) is 19.1 Å². The van der Waals surface area contributed by atoms with Gasteiger partial charge in [-0.25, -0.2) is 0 Å². The van der Waals surface area contributed by atoms with Gasteiger partial charge < -0.3 is 9.94 Å². The molecule has 0 saturated heterocycles. The van der Waals surface area contributed by atoms with Crippen LogP contribution in [0.4, 0.5) is 0 Å². The minimum Gasteiger partial charge on any atom is -0.374 e. The first-order valence-corrected chi connectivity index (χ1v) is 6.58. The van der Waals surface area contributed by atoms with Crippen LogP contribution >= 0.6 is 0 Å². The van der Waals surface area contributed by atoms with Gasteiger partial charge in [-0.05, 0) is 36.6 Å². The molecular weight excluding hydrogens is 254 g/mol. The lowest BCUT2D eigenvalue weighted by atomic mass is 10.0. The van der Waals surface area contributed by atoms with E-state index in [0.717, 1.165) is 10.6 Å². The first-order valence-electron chi connectivity index (χ1n) is 6.58. The second-order valence-corrected chi connectivity index (χ2v) is 4.71. The molecule has 1 aliphatic heterocycles. The topological polar surface area (TPSA) is 49.8 Å². The van der Waals surface area contributed by atoms with Crippen molar-refractivity contribution in [1.82, 2.24) is 5.06 Å². The Balaban J connectivity index is 1.92. The Morgan fingerprint density at radius 2 is 1.75 bits per heavy atom. The number of aliphatic hydroxyl groups excluding tert-OH is 1. The van der Waals surface area contributed by atoms with Crippen LogP contribution in [0.2, 0.25) is 0 Å². The van der Waals surface area contributed by atoms with Crippen molar-refractivity contribution in [3.8, 4) is 5.75 Å². The molecule has 0 radical (unpaired) electrons. The number of carbonyl (C=O) groups is 1. The minimum absolute atomic E-state index is 0.311. The first-order chi connectivity index (χ1) is 9.75. The predicted molar refractivity (Wildman–Crippen MR) is 74.0 cm³/mol. The Labute approximate surface area is 117 Å². The fourth-order valence-electron chi connectivity index (χ4n) is 2.30. The summed E-state index contributed by atoms with van der Waals surface area (Å²) in [5.41, 5.74) is 1.52. The number of hydrogen-bond donors (Lipinski definition) is 1. The van der Waals surface area contributed by atoms with E-state index in [2.05, 4.69) is 0 Å². The van der Waals surface area contributed by atoms with E-state index >= 15 is 0 Å². The van der Waals surface area contributed by atoms with Crippen LogP contribution in [0.1, 0.15) is 22.3 Å². The van der Waals surface area contributed by atoms with Crippen LogP contribution in [0.25, 0.3) is 0 Å². The van der Waals surface area contributed by atoms with E-state index in [9.17, 15) is 9.90 Å². The highest BCUT2D eigenvalue weighted by molar-refractivity contribution is 5.95. The SMILES string of the molecule is O=C1c2ccccc2CCC(O)N1Oc1ccccc1. The van der Waals surface area contributed by atoms with Gasteiger partial charge in [-0.15, -0.1) is 5.06 Å². The summed E-state index contributed by atoms with van der Waals surface area (Å²) in [4.78, 5) is 18.0. The van der Waals surface area contributed by atoms with Crippen molar-refractivity contribution in [2.75, 3.05) is 0 Å². The third-order valence-corrected chi connectivity index (χ3v) is 3.34. The van der Waals surface area contributed by atoms with E-state index < -0.39 is 6.23 Å². The maximum Gasteiger partial charge on any atom is 0.289 e. The predicted octanol–water partition coefficient (Wildman–Crippen LogP) is 2.39. The molecule has 1 amide bonds. The van der Waals surface area contributed by atoms with Gasteiger partial charge in [0.05, 0.1) is 0 Å². The molecule has 1 atom stereocenters. The molecular formula is C16H15NO3. The summed E-state index contributed by atoms with van der Waals surface area (Å²) < 4.78 is 0. The number of hydroxylamine groups is 2. The van der Waals surface area contributed by atoms with Gasteiger partial charge in [0.15, 0.2) is 12.0 Å². The van der Waals surface area contributed by atoms with Gasteiger partial charge >= 0.3 is 0 Å². The fourth-order valence-corrected chi connectivity index (χ4v) is 2.30. The van der Waals surface area contributed by atoms with Crippen molar-refractivity contribution in [1.29, 1.82) is 0 Å². The lowest BCUT2D eigenvalue weighted by Gasteiger charge is -2.25. The molecule has 3 rings (SSSR count). The molecule has 1 N–H and O–H groups in total. The highest BCUT2D eigenvalue weighted by atomic mass is 16.7. The summed E-state index contributed by atoms with van der Waals surface area (Å²) in [6.45, 7) is 0. The highest BCUT2D eigenvalue weighted by Gasteiger charge is 2.30. The molecule has 0 aliphatic carbocycles. The largest absolute Gasteiger partial charge is 0.374 e. The Kier molecular flexibility index (Phi) is 3.39. The summed E-state index contributed by atoms with van der Waals surface area (Å²) in [5.74, 6) is 0.216. The van der Waals surface area contributed by atoms with E-state index in [-0.39, 0.29) is 5.91 Å². The second kappa shape index (κ2) is 5.35. The van der Waals surface area contributed by atoms with Crippen LogP contribution in [-0.4, -0.2) is 22.3 Å². The lowest BCUT2D eigenvalue weighted by Crippen LogP contribution is -2.41. The maximum atomic E-state index is 12.5. The molecule has 4 heteroatoms. The summed E-state index contributed by atoms with van der Waals surface area (Å²) in [5, 5.41) is 11.2. The molecule has 0 aromatic heterocycles. The number of para-hydroxylation sites is 1. The second-order valence-electron chi connectivity index (χ2n) is 4.71. The molecule has 0 bridgehead atoms. The fraction of sp³-hybridized carbons (Fsp3) is 0.188. The van der Waals surface area contributed by atoms with Crippen LogP contribution in [0.15, 0.2) is 54.6 Å². The number of hydrogen-bond acceptors (Lipinski definition) is 3. The van der Waals surface area contributed by atoms with Gasteiger partial charge in [0.1, 0.15) is 0 Å². The minimum atomic E-state index is -0.949. The Morgan fingerprint density at radius 1 is 1.05 bits per heavy atom. The zero-order valence-corrected chi connectivity index (χ0v) is 10.9. The normalized spacial score (nSPS) is 18.4. The quantitative estimate of drug-likeness (QED) is 0.910. The number of amides is 1. The van der Waals surface area contributed by atoms with Gasteiger partial charge in [0.25, 0.3) is 5.91 Å². The number of rotatable bonds is 2. The Bertz CT molecular complexity index is 612. The zero-order valence-electron chi connectivity index (χ0n) is 10.9. The molecule has 1 heterocycles. The summed E-state index contributed by atoms with van der Waals surface area (Å²) in [7, 11) is 0. The highest BCUT2D eigenvalue weighted by Crippen LogP contribution is 2.23. The van der Waals surface area contributed by atoms with E-state index in [0.29, 0.717) is 24.2 Å². The molecule has 0 saturated carbocycles. The molecule has 2 aromatic rings. The molecule has 102 valence electrons. The monoisotopic (exact) mass is 269 g/mol. The molecule has 0 spiro atoms. The summed E-state index contributed by atoms with van der Waals surface area (Å²) in [6, 6.07) is 16.4. The van der Waals surface area contributed by atoms with E-state index in [1.165, 1.54) is 0 Å². The van der Waals surface area contributed by atoms with Gasteiger partial charge in [0.2, 0.25) is 0 Å². The molecule has 1 unspecified atom stereocenters. The van der Waals surface area contributed by atoms with Gasteiger partial charge in [-0.2, -0.15) is 0 Å².